The number of hydrogen-bond donors (Lipinski definition) is 1. The van der Waals surface area contributed by atoms with Crippen molar-refractivity contribution in [3.05, 3.63) is 46.8 Å². The summed E-state index contributed by atoms with van der Waals surface area (Å²) in [6.45, 7) is 1.41. The van der Waals surface area contributed by atoms with Gasteiger partial charge in [-0.3, -0.25) is 9.78 Å². The van der Waals surface area contributed by atoms with E-state index in [0.29, 0.717) is 16.8 Å². The number of aromatic amines is 1. The fourth-order valence-electron chi connectivity index (χ4n) is 1.80. The van der Waals surface area contributed by atoms with Gasteiger partial charge in [0.2, 0.25) is 0 Å². The van der Waals surface area contributed by atoms with Crippen LogP contribution >= 0.6 is 0 Å². The van der Waals surface area contributed by atoms with Gasteiger partial charge in [0, 0.05) is 18.7 Å². The summed E-state index contributed by atoms with van der Waals surface area (Å²) >= 11 is 0. The van der Waals surface area contributed by atoms with Crippen LogP contribution in [0.25, 0.3) is 22.4 Å². The van der Waals surface area contributed by atoms with Crippen molar-refractivity contribution in [2.75, 3.05) is 0 Å². The summed E-state index contributed by atoms with van der Waals surface area (Å²) < 4.78 is 4.92. The molecule has 94 valence electrons. The second kappa shape index (κ2) is 4.16. The van der Waals surface area contributed by atoms with Crippen LogP contribution < -0.4 is 5.76 Å². The van der Waals surface area contributed by atoms with Crippen molar-refractivity contribution in [3.8, 4) is 11.3 Å². The standard InChI is InChI=1S/C13H9N3O3/c1-7(17)12-14-5-4-9(15-12)8-2-3-11-10(6-8)16-13(18)19-11/h2-6H,1H3,(H,16,18). The lowest BCUT2D eigenvalue weighted by Gasteiger charge is -2.01. The van der Waals surface area contributed by atoms with Gasteiger partial charge in [0.25, 0.3) is 0 Å². The zero-order valence-electron chi connectivity index (χ0n) is 10.0. The summed E-state index contributed by atoms with van der Waals surface area (Å²) in [7, 11) is 0. The molecule has 0 spiro atoms. The molecule has 0 saturated carbocycles. The summed E-state index contributed by atoms with van der Waals surface area (Å²) in [5, 5.41) is 0. The predicted octanol–water partition coefficient (Wildman–Crippen LogP) is 1.78. The van der Waals surface area contributed by atoms with Gasteiger partial charge in [-0.05, 0) is 24.3 Å². The van der Waals surface area contributed by atoms with E-state index in [2.05, 4.69) is 15.0 Å². The maximum absolute atomic E-state index is 11.3. The molecule has 1 aromatic carbocycles. The Morgan fingerprint density at radius 1 is 1.32 bits per heavy atom. The average Bonchev–Trinajstić information content (AvgIpc) is 2.77. The molecule has 0 fully saturated rings. The highest BCUT2D eigenvalue weighted by atomic mass is 16.4. The number of carbonyl (C=O) groups excluding carboxylic acids is 1. The first-order chi connectivity index (χ1) is 9.13. The Morgan fingerprint density at radius 3 is 2.95 bits per heavy atom. The van der Waals surface area contributed by atoms with E-state index in [4.69, 9.17) is 4.42 Å². The number of rotatable bonds is 2. The molecule has 0 radical (unpaired) electrons. The monoisotopic (exact) mass is 255 g/mol. The number of aromatic nitrogens is 3. The molecule has 0 amide bonds. The van der Waals surface area contributed by atoms with E-state index in [-0.39, 0.29) is 11.6 Å². The Hall–Kier alpha value is -2.76. The van der Waals surface area contributed by atoms with Gasteiger partial charge in [-0.1, -0.05) is 0 Å². The summed E-state index contributed by atoms with van der Waals surface area (Å²) in [5.74, 6) is -0.530. The van der Waals surface area contributed by atoms with Gasteiger partial charge in [-0.15, -0.1) is 0 Å². The van der Waals surface area contributed by atoms with Gasteiger partial charge < -0.3 is 4.42 Å². The van der Waals surface area contributed by atoms with E-state index in [0.717, 1.165) is 5.56 Å². The van der Waals surface area contributed by atoms with Gasteiger partial charge in [0.15, 0.2) is 17.2 Å². The molecule has 2 aromatic heterocycles. The fraction of sp³-hybridized carbons (Fsp3) is 0.0769. The predicted molar refractivity (Wildman–Crippen MR) is 67.9 cm³/mol. The lowest BCUT2D eigenvalue weighted by atomic mass is 10.1. The molecular weight excluding hydrogens is 246 g/mol. The largest absolute Gasteiger partial charge is 0.417 e. The van der Waals surface area contributed by atoms with Crippen LogP contribution in [0.2, 0.25) is 0 Å². The summed E-state index contributed by atoms with van der Waals surface area (Å²) in [5.41, 5.74) is 2.46. The van der Waals surface area contributed by atoms with E-state index >= 15 is 0 Å². The third-order valence-corrected chi connectivity index (χ3v) is 2.69. The quantitative estimate of drug-likeness (QED) is 0.705. The maximum atomic E-state index is 11.3. The van der Waals surface area contributed by atoms with Crippen LogP contribution in [-0.4, -0.2) is 20.7 Å². The Kier molecular flexibility index (Phi) is 2.49. The average molecular weight is 255 g/mol. The van der Waals surface area contributed by atoms with Gasteiger partial charge in [-0.25, -0.2) is 14.8 Å². The Morgan fingerprint density at radius 2 is 2.16 bits per heavy atom. The number of carbonyl (C=O) groups is 1. The van der Waals surface area contributed by atoms with Crippen LogP contribution in [0.1, 0.15) is 17.5 Å². The first-order valence-electron chi connectivity index (χ1n) is 5.61. The first kappa shape index (κ1) is 11.3. The van der Waals surface area contributed by atoms with Crippen LogP contribution in [0.5, 0.6) is 0 Å². The van der Waals surface area contributed by atoms with Crippen molar-refractivity contribution in [3.63, 3.8) is 0 Å². The van der Waals surface area contributed by atoms with Gasteiger partial charge >= 0.3 is 5.76 Å². The third-order valence-electron chi connectivity index (χ3n) is 2.69. The number of oxazole rings is 1. The van der Waals surface area contributed by atoms with Crippen molar-refractivity contribution in [1.29, 1.82) is 0 Å². The number of Topliss-reactive ketones (excluding diaryl/α,β-unsaturated/α-hetero) is 1. The molecule has 0 aliphatic heterocycles. The smallest absolute Gasteiger partial charge is 0.408 e. The minimum Gasteiger partial charge on any atom is -0.408 e. The van der Waals surface area contributed by atoms with E-state index in [1.54, 1.807) is 24.3 Å². The number of benzene rings is 1. The summed E-state index contributed by atoms with van der Waals surface area (Å²) in [6.07, 6.45) is 1.53. The van der Waals surface area contributed by atoms with E-state index < -0.39 is 5.76 Å². The van der Waals surface area contributed by atoms with E-state index in [1.165, 1.54) is 13.1 Å². The molecule has 3 aromatic rings. The van der Waals surface area contributed by atoms with E-state index in [9.17, 15) is 9.59 Å². The highest BCUT2D eigenvalue weighted by Crippen LogP contribution is 2.21. The van der Waals surface area contributed by atoms with Crippen molar-refractivity contribution in [2.45, 2.75) is 6.92 Å². The van der Waals surface area contributed by atoms with Crippen LogP contribution in [0, 0.1) is 0 Å². The zero-order valence-corrected chi connectivity index (χ0v) is 10.0. The van der Waals surface area contributed by atoms with Gasteiger partial charge in [-0.2, -0.15) is 0 Å². The number of fused-ring (bicyclic) bond motifs is 1. The van der Waals surface area contributed by atoms with Crippen LogP contribution in [0.4, 0.5) is 0 Å². The van der Waals surface area contributed by atoms with Crippen LogP contribution in [0.15, 0.2) is 39.7 Å². The van der Waals surface area contributed by atoms with Gasteiger partial charge in [0.1, 0.15) is 0 Å². The SMILES string of the molecule is CC(=O)c1nccc(-c2ccc3oc(=O)[nH]c3c2)n1. The molecule has 6 heteroatoms. The highest BCUT2D eigenvalue weighted by molar-refractivity contribution is 5.90. The van der Waals surface area contributed by atoms with Gasteiger partial charge in [0.05, 0.1) is 11.2 Å². The number of hydrogen-bond acceptors (Lipinski definition) is 5. The second-order valence-corrected chi connectivity index (χ2v) is 4.05. The third kappa shape index (κ3) is 2.03. The number of ketones is 1. The minimum atomic E-state index is -0.501. The molecule has 0 unspecified atom stereocenters. The normalized spacial score (nSPS) is 10.8. The molecule has 3 rings (SSSR count). The molecule has 0 bridgehead atoms. The highest BCUT2D eigenvalue weighted by Gasteiger charge is 2.08. The Balaban J connectivity index is 2.15. The molecule has 0 atom stereocenters. The summed E-state index contributed by atoms with van der Waals surface area (Å²) in [4.78, 5) is 33.0. The first-order valence-corrected chi connectivity index (χ1v) is 5.61. The van der Waals surface area contributed by atoms with Crippen LogP contribution in [0.3, 0.4) is 0 Å². The lowest BCUT2D eigenvalue weighted by molar-refractivity contribution is 0.100. The molecule has 1 N–H and O–H groups in total. The Bertz CT molecular complexity index is 832. The molecule has 0 saturated heterocycles. The van der Waals surface area contributed by atoms with Crippen LogP contribution in [-0.2, 0) is 0 Å². The van der Waals surface area contributed by atoms with Crippen molar-refractivity contribution in [1.82, 2.24) is 15.0 Å². The topological polar surface area (TPSA) is 88.9 Å². The molecule has 0 aliphatic carbocycles. The maximum Gasteiger partial charge on any atom is 0.417 e. The molecular formula is C13H9N3O3. The number of H-pyrrole nitrogens is 1. The fourth-order valence-corrected chi connectivity index (χ4v) is 1.80. The molecule has 2 heterocycles. The van der Waals surface area contributed by atoms with Crippen molar-refractivity contribution >= 4 is 16.9 Å². The molecule has 0 aliphatic rings. The lowest BCUT2D eigenvalue weighted by Crippen LogP contribution is -2.01. The second-order valence-electron chi connectivity index (χ2n) is 4.05. The van der Waals surface area contributed by atoms with E-state index in [1.807, 2.05) is 0 Å². The summed E-state index contributed by atoms with van der Waals surface area (Å²) in [6, 6.07) is 6.89. The molecule has 6 nitrogen and oxygen atoms in total. The molecule has 19 heavy (non-hydrogen) atoms. The number of nitrogens with one attached hydrogen (secondary N) is 1. The van der Waals surface area contributed by atoms with Crippen molar-refractivity contribution in [2.24, 2.45) is 0 Å². The van der Waals surface area contributed by atoms with Crippen molar-refractivity contribution < 1.29 is 9.21 Å². The Labute approximate surface area is 107 Å². The minimum absolute atomic E-state index is 0.165. The zero-order chi connectivity index (χ0) is 13.4. The number of nitrogens with zero attached hydrogens (tertiary/aromatic N) is 2.